The summed E-state index contributed by atoms with van der Waals surface area (Å²) in [6.07, 6.45) is 7.40. The van der Waals surface area contributed by atoms with Crippen molar-refractivity contribution in [3.05, 3.63) is 48.4 Å². The zero-order valence-corrected chi connectivity index (χ0v) is 7.28. The molecule has 2 heteroatoms. The minimum absolute atomic E-state index is 0.895. The van der Waals surface area contributed by atoms with E-state index in [-0.39, 0.29) is 0 Å². The Hall–Kier alpha value is -1.70. The van der Waals surface area contributed by atoms with Crippen LogP contribution in [0.15, 0.2) is 30.5 Å². The van der Waals surface area contributed by atoms with Gasteiger partial charge in [0, 0.05) is 11.8 Å². The fourth-order valence-electron chi connectivity index (χ4n) is 1.13. The van der Waals surface area contributed by atoms with Gasteiger partial charge in [-0.05, 0) is 30.7 Å². The van der Waals surface area contributed by atoms with Gasteiger partial charge in [0.2, 0.25) is 0 Å². The average molecular weight is 168 g/mol. The number of hydrogen-bond donors (Lipinski definition) is 0. The van der Waals surface area contributed by atoms with Crippen molar-refractivity contribution in [1.29, 1.82) is 0 Å². The van der Waals surface area contributed by atoms with Gasteiger partial charge in [0.15, 0.2) is 0 Å². The summed E-state index contributed by atoms with van der Waals surface area (Å²) in [5, 5.41) is 0. The second-order valence-electron chi connectivity index (χ2n) is 2.80. The zero-order chi connectivity index (χ0) is 9.10. The molecule has 0 bridgehead atoms. The van der Waals surface area contributed by atoms with Crippen LogP contribution in [0.3, 0.4) is 0 Å². The van der Waals surface area contributed by atoms with Crippen molar-refractivity contribution in [2.24, 2.45) is 0 Å². The quantitative estimate of drug-likeness (QED) is 0.651. The molecule has 0 fully saturated rings. The third-order valence-corrected chi connectivity index (χ3v) is 1.72. The summed E-state index contributed by atoms with van der Waals surface area (Å²) in [6, 6.07) is 7.63. The molecule has 2 radical (unpaired) electrons. The summed E-state index contributed by atoms with van der Waals surface area (Å²) in [5.74, 6) is 0. The van der Waals surface area contributed by atoms with Gasteiger partial charge in [0.25, 0.3) is 0 Å². The van der Waals surface area contributed by atoms with Crippen LogP contribution >= 0.6 is 0 Å². The van der Waals surface area contributed by atoms with E-state index in [9.17, 15) is 0 Å². The first kappa shape index (κ1) is 7.92. The molecule has 2 aromatic heterocycles. The molecular formula is C11H8N2. The molecule has 0 aromatic carbocycles. The molecule has 62 valence electrons. The molecule has 0 amide bonds. The number of rotatable bonds is 1. The van der Waals surface area contributed by atoms with Crippen molar-refractivity contribution in [2.45, 2.75) is 6.92 Å². The van der Waals surface area contributed by atoms with E-state index in [1.807, 2.05) is 25.1 Å². The second-order valence-corrected chi connectivity index (χ2v) is 2.80. The highest BCUT2D eigenvalue weighted by Crippen LogP contribution is 2.14. The highest BCUT2D eigenvalue weighted by molar-refractivity contribution is 5.57. The SMILES string of the molecule is Cc1[c]ncc(-c2ccc[c]n2)c1. The Morgan fingerprint density at radius 2 is 2.31 bits per heavy atom. The maximum Gasteiger partial charge on any atom is 0.0918 e. The molecule has 0 N–H and O–H groups in total. The van der Waals surface area contributed by atoms with Gasteiger partial charge in [-0.1, -0.05) is 6.07 Å². The zero-order valence-electron chi connectivity index (χ0n) is 7.28. The molecule has 0 unspecified atom stereocenters. The summed E-state index contributed by atoms with van der Waals surface area (Å²) in [4.78, 5) is 8.09. The van der Waals surface area contributed by atoms with E-state index < -0.39 is 0 Å². The highest BCUT2D eigenvalue weighted by Gasteiger charge is 1.97. The van der Waals surface area contributed by atoms with Crippen molar-refractivity contribution in [3.8, 4) is 11.3 Å². The molecule has 0 spiro atoms. The fraction of sp³-hybridized carbons (Fsp3) is 0.0909. The first-order valence-electron chi connectivity index (χ1n) is 4.04. The maximum atomic E-state index is 4.11. The summed E-state index contributed by atoms with van der Waals surface area (Å²) >= 11 is 0. The second kappa shape index (κ2) is 3.35. The van der Waals surface area contributed by atoms with Gasteiger partial charge in [-0.25, -0.2) is 4.98 Å². The Morgan fingerprint density at radius 1 is 1.38 bits per heavy atom. The average Bonchev–Trinajstić information content (AvgIpc) is 2.19. The van der Waals surface area contributed by atoms with Crippen molar-refractivity contribution in [3.63, 3.8) is 0 Å². The van der Waals surface area contributed by atoms with Crippen molar-refractivity contribution >= 4 is 0 Å². The number of pyridine rings is 2. The molecule has 0 aliphatic rings. The normalized spacial score (nSPS) is 9.92. The first-order valence-corrected chi connectivity index (χ1v) is 4.04. The molecule has 0 saturated carbocycles. The van der Waals surface area contributed by atoms with E-state index in [0.717, 1.165) is 16.8 Å². The lowest BCUT2D eigenvalue weighted by molar-refractivity contribution is 1.23. The monoisotopic (exact) mass is 168 g/mol. The van der Waals surface area contributed by atoms with Crippen LogP contribution in [0.25, 0.3) is 11.3 Å². The van der Waals surface area contributed by atoms with E-state index >= 15 is 0 Å². The molecule has 2 nitrogen and oxygen atoms in total. The van der Waals surface area contributed by atoms with Crippen LogP contribution in [0.5, 0.6) is 0 Å². The Bertz CT molecular complexity index is 396. The predicted molar refractivity (Wildman–Crippen MR) is 49.9 cm³/mol. The Kier molecular flexibility index (Phi) is 2.04. The largest absolute Gasteiger partial charge is 0.254 e. The molecule has 2 aromatic rings. The van der Waals surface area contributed by atoms with E-state index in [4.69, 9.17) is 0 Å². The van der Waals surface area contributed by atoms with Crippen LogP contribution in [0.1, 0.15) is 5.56 Å². The smallest absolute Gasteiger partial charge is 0.0918 e. The Balaban J connectivity index is 2.48. The Morgan fingerprint density at radius 3 is 3.00 bits per heavy atom. The minimum atomic E-state index is 0.895. The van der Waals surface area contributed by atoms with Gasteiger partial charge in [0.1, 0.15) is 0 Å². The molecule has 0 aliphatic carbocycles. The summed E-state index contributed by atoms with van der Waals surface area (Å²) in [5.41, 5.74) is 2.92. The lowest BCUT2D eigenvalue weighted by atomic mass is 10.1. The summed E-state index contributed by atoms with van der Waals surface area (Å²) in [7, 11) is 0. The van der Waals surface area contributed by atoms with Crippen LogP contribution < -0.4 is 0 Å². The molecule has 0 atom stereocenters. The van der Waals surface area contributed by atoms with E-state index in [1.165, 1.54) is 0 Å². The number of hydrogen-bond acceptors (Lipinski definition) is 2. The number of aromatic nitrogens is 2. The van der Waals surface area contributed by atoms with Crippen LogP contribution in [-0.4, -0.2) is 9.97 Å². The molecule has 13 heavy (non-hydrogen) atoms. The minimum Gasteiger partial charge on any atom is -0.254 e. The van der Waals surface area contributed by atoms with Crippen molar-refractivity contribution in [2.75, 3.05) is 0 Å². The third-order valence-electron chi connectivity index (χ3n) is 1.72. The highest BCUT2D eigenvalue weighted by atomic mass is 14.7. The van der Waals surface area contributed by atoms with Crippen LogP contribution in [0.4, 0.5) is 0 Å². The predicted octanol–water partition coefficient (Wildman–Crippen LogP) is 2.05. The van der Waals surface area contributed by atoms with E-state index in [0.29, 0.717) is 0 Å². The van der Waals surface area contributed by atoms with Gasteiger partial charge >= 0.3 is 0 Å². The maximum absolute atomic E-state index is 4.11. The molecular weight excluding hydrogens is 160 g/mol. The van der Waals surface area contributed by atoms with E-state index in [2.05, 4.69) is 22.4 Å². The summed E-state index contributed by atoms with van der Waals surface area (Å²) < 4.78 is 0. The van der Waals surface area contributed by atoms with Gasteiger partial charge < -0.3 is 0 Å². The van der Waals surface area contributed by atoms with Crippen molar-refractivity contribution < 1.29 is 0 Å². The topological polar surface area (TPSA) is 25.8 Å². The fourth-order valence-corrected chi connectivity index (χ4v) is 1.13. The number of aryl methyl sites for hydroxylation is 1. The van der Waals surface area contributed by atoms with Gasteiger partial charge in [-0.3, -0.25) is 4.98 Å². The molecule has 2 rings (SSSR count). The van der Waals surface area contributed by atoms with Gasteiger partial charge in [-0.2, -0.15) is 0 Å². The standard InChI is InChI=1S/C11H8N2/c1-9-6-10(8-12-7-9)11-4-2-3-5-13-11/h2-4,6,8H,1H3. The molecule has 0 aliphatic heterocycles. The lowest BCUT2D eigenvalue weighted by Crippen LogP contribution is -1.85. The summed E-state index contributed by atoms with van der Waals surface area (Å²) in [6.45, 7) is 1.96. The van der Waals surface area contributed by atoms with Gasteiger partial charge in [-0.15, -0.1) is 0 Å². The van der Waals surface area contributed by atoms with Gasteiger partial charge in [0.05, 0.1) is 18.1 Å². The van der Waals surface area contributed by atoms with E-state index in [1.54, 1.807) is 12.3 Å². The lowest BCUT2D eigenvalue weighted by Gasteiger charge is -1.98. The first-order chi connectivity index (χ1) is 6.36. The van der Waals surface area contributed by atoms with Crippen LogP contribution in [0.2, 0.25) is 0 Å². The van der Waals surface area contributed by atoms with Crippen LogP contribution in [-0.2, 0) is 0 Å². The number of nitrogens with zero attached hydrogens (tertiary/aromatic N) is 2. The third kappa shape index (κ3) is 1.72. The Labute approximate surface area is 77.3 Å². The molecule has 2 heterocycles. The van der Waals surface area contributed by atoms with Crippen LogP contribution in [0, 0.1) is 19.3 Å². The van der Waals surface area contributed by atoms with Crippen molar-refractivity contribution in [1.82, 2.24) is 9.97 Å². The molecule has 0 saturated heterocycles.